The van der Waals surface area contributed by atoms with Gasteiger partial charge in [-0.15, -0.1) is 0 Å². The third kappa shape index (κ3) is 2.53. The van der Waals surface area contributed by atoms with Crippen molar-refractivity contribution in [3.05, 3.63) is 41.6 Å². The summed E-state index contributed by atoms with van der Waals surface area (Å²) in [6, 6.07) is 4.24. The number of rotatable bonds is 3. The summed E-state index contributed by atoms with van der Waals surface area (Å²) in [7, 11) is 1.63. The van der Waals surface area contributed by atoms with E-state index in [1.54, 1.807) is 20.0 Å². The van der Waals surface area contributed by atoms with Gasteiger partial charge in [-0.25, -0.2) is 13.8 Å². The Labute approximate surface area is 103 Å². The Morgan fingerprint density at radius 2 is 2.00 bits per heavy atom. The molecule has 2 N–H and O–H groups in total. The molecule has 0 saturated heterocycles. The van der Waals surface area contributed by atoms with Crippen LogP contribution in [-0.4, -0.2) is 17.0 Å². The molecule has 0 aliphatic rings. The van der Waals surface area contributed by atoms with Gasteiger partial charge in [0, 0.05) is 12.7 Å². The fourth-order valence-corrected chi connectivity index (χ4v) is 1.43. The Morgan fingerprint density at radius 3 is 2.72 bits per heavy atom. The lowest BCUT2D eigenvalue weighted by Gasteiger charge is -2.10. The first-order chi connectivity index (χ1) is 8.60. The molecule has 6 heteroatoms. The predicted octanol–water partition coefficient (Wildman–Crippen LogP) is 2.85. The third-order valence-corrected chi connectivity index (χ3v) is 2.42. The molecular weight excluding hydrogens is 238 g/mol. The maximum Gasteiger partial charge on any atom is 0.224 e. The van der Waals surface area contributed by atoms with Crippen LogP contribution in [0.1, 0.15) is 5.56 Å². The van der Waals surface area contributed by atoms with Crippen LogP contribution in [-0.2, 0) is 0 Å². The molecule has 0 aliphatic heterocycles. The minimum atomic E-state index is -0.599. The average Bonchev–Trinajstić information content (AvgIpc) is 2.36. The van der Waals surface area contributed by atoms with Crippen LogP contribution in [0.2, 0.25) is 0 Å². The van der Waals surface area contributed by atoms with E-state index in [1.807, 2.05) is 0 Å². The van der Waals surface area contributed by atoms with Crippen molar-refractivity contribution in [2.45, 2.75) is 6.92 Å². The molecule has 1 heterocycles. The smallest absolute Gasteiger partial charge is 0.224 e. The molecular formula is C12H12F2N4. The van der Waals surface area contributed by atoms with Gasteiger partial charge in [-0.05, 0) is 24.6 Å². The van der Waals surface area contributed by atoms with Gasteiger partial charge in [0.2, 0.25) is 5.95 Å². The highest BCUT2D eigenvalue weighted by Crippen LogP contribution is 2.22. The van der Waals surface area contributed by atoms with Gasteiger partial charge in [0.05, 0.1) is 6.20 Å². The molecule has 0 bridgehead atoms. The number of nitrogens with one attached hydrogen (secondary N) is 2. The van der Waals surface area contributed by atoms with Crippen LogP contribution in [0.15, 0.2) is 24.4 Å². The van der Waals surface area contributed by atoms with Crippen molar-refractivity contribution < 1.29 is 8.78 Å². The maximum atomic E-state index is 13.5. The lowest BCUT2D eigenvalue weighted by molar-refractivity contribution is 0.618. The predicted molar refractivity (Wildman–Crippen MR) is 66.0 cm³/mol. The van der Waals surface area contributed by atoms with Gasteiger partial charge in [-0.1, -0.05) is 6.07 Å². The summed E-state index contributed by atoms with van der Waals surface area (Å²) < 4.78 is 26.6. The second kappa shape index (κ2) is 4.95. The summed E-state index contributed by atoms with van der Waals surface area (Å²) in [5.41, 5.74) is 1.26. The monoisotopic (exact) mass is 250 g/mol. The number of aromatic nitrogens is 2. The van der Waals surface area contributed by atoms with Crippen molar-refractivity contribution in [1.82, 2.24) is 9.97 Å². The molecule has 4 nitrogen and oxygen atoms in total. The molecule has 0 amide bonds. The number of halogens is 2. The highest BCUT2D eigenvalue weighted by molar-refractivity contribution is 5.61. The summed E-state index contributed by atoms with van der Waals surface area (Å²) in [6.45, 7) is 1.79. The van der Waals surface area contributed by atoms with Crippen molar-refractivity contribution >= 4 is 17.5 Å². The Kier molecular flexibility index (Phi) is 3.36. The molecule has 0 unspecified atom stereocenters. The van der Waals surface area contributed by atoms with Crippen molar-refractivity contribution in [2.24, 2.45) is 0 Å². The zero-order valence-electron chi connectivity index (χ0n) is 9.96. The van der Waals surface area contributed by atoms with E-state index in [9.17, 15) is 8.78 Å². The van der Waals surface area contributed by atoms with Crippen LogP contribution in [0.3, 0.4) is 0 Å². The quantitative estimate of drug-likeness (QED) is 0.879. The van der Waals surface area contributed by atoms with E-state index < -0.39 is 11.6 Å². The Balaban J connectivity index is 2.36. The fourth-order valence-electron chi connectivity index (χ4n) is 1.43. The standard InChI is InChI=1S/C12H12F2N4/c1-7-3-4-8(13)5-10(7)17-11-9(14)6-16-12(15-2)18-11/h3-6H,1-2H3,(H2,15,16,17,18). The molecule has 0 saturated carbocycles. The minimum absolute atomic E-state index is 0.00282. The molecule has 2 rings (SSSR count). The van der Waals surface area contributed by atoms with Gasteiger partial charge >= 0.3 is 0 Å². The molecule has 1 aromatic heterocycles. The highest BCUT2D eigenvalue weighted by atomic mass is 19.1. The van der Waals surface area contributed by atoms with Crippen molar-refractivity contribution in [1.29, 1.82) is 0 Å². The lowest BCUT2D eigenvalue weighted by atomic mass is 10.2. The summed E-state index contributed by atoms with van der Waals surface area (Å²) in [4.78, 5) is 7.65. The Morgan fingerprint density at radius 1 is 1.22 bits per heavy atom. The van der Waals surface area contributed by atoms with Crippen molar-refractivity contribution in [3.63, 3.8) is 0 Å². The molecule has 0 fully saturated rings. The van der Waals surface area contributed by atoms with Crippen LogP contribution < -0.4 is 10.6 Å². The second-order valence-corrected chi connectivity index (χ2v) is 3.72. The van der Waals surface area contributed by atoms with Gasteiger partial charge in [-0.2, -0.15) is 4.98 Å². The molecule has 2 aromatic rings. The van der Waals surface area contributed by atoms with Crippen LogP contribution in [0.5, 0.6) is 0 Å². The zero-order valence-corrected chi connectivity index (χ0v) is 9.96. The molecule has 0 aliphatic carbocycles. The number of hydrogen-bond acceptors (Lipinski definition) is 4. The molecule has 1 aromatic carbocycles. The van der Waals surface area contributed by atoms with Crippen LogP contribution in [0.4, 0.5) is 26.2 Å². The number of benzene rings is 1. The van der Waals surface area contributed by atoms with Gasteiger partial charge in [-0.3, -0.25) is 0 Å². The van der Waals surface area contributed by atoms with Gasteiger partial charge < -0.3 is 10.6 Å². The fraction of sp³-hybridized carbons (Fsp3) is 0.167. The van der Waals surface area contributed by atoms with Crippen LogP contribution in [0, 0.1) is 18.6 Å². The molecule has 94 valence electrons. The first-order valence-corrected chi connectivity index (χ1v) is 5.33. The van der Waals surface area contributed by atoms with E-state index in [-0.39, 0.29) is 11.8 Å². The summed E-state index contributed by atoms with van der Waals surface area (Å²) >= 11 is 0. The Bertz CT molecular complexity index is 572. The summed E-state index contributed by atoms with van der Waals surface area (Å²) in [5.74, 6) is -0.708. The van der Waals surface area contributed by atoms with Crippen LogP contribution >= 0.6 is 0 Å². The van der Waals surface area contributed by atoms with E-state index in [1.165, 1.54) is 12.1 Å². The van der Waals surface area contributed by atoms with E-state index in [2.05, 4.69) is 20.6 Å². The third-order valence-electron chi connectivity index (χ3n) is 2.42. The van der Waals surface area contributed by atoms with Gasteiger partial charge in [0.15, 0.2) is 11.6 Å². The number of nitrogens with zero attached hydrogens (tertiary/aromatic N) is 2. The van der Waals surface area contributed by atoms with Gasteiger partial charge in [0.1, 0.15) is 5.82 Å². The molecule has 18 heavy (non-hydrogen) atoms. The normalized spacial score (nSPS) is 10.2. The Hall–Kier alpha value is -2.24. The first-order valence-electron chi connectivity index (χ1n) is 5.33. The molecule has 0 spiro atoms. The zero-order chi connectivity index (χ0) is 13.1. The molecule has 0 radical (unpaired) electrons. The number of aryl methyl sites for hydroxylation is 1. The molecule has 0 atom stereocenters. The number of anilines is 3. The average molecular weight is 250 g/mol. The summed E-state index contributed by atoms with van der Waals surface area (Å²) in [5, 5.41) is 5.45. The van der Waals surface area contributed by atoms with Crippen LogP contribution in [0.25, 0.3) is 0 Å². The van der Waals surface area contributed by atoms with E-state index >= 15 is 0 Å². The second-order valence-electron chi connectivity index (χ2n) is 3.72. The van der Waals surface area contributed by atoms with Gasteiger partial charge in [0.25, 0.3) is 0 Å². The topological polar surface area (TPSA) is 49.8 Å². The summed E-state index contributed by atoms with van der Waals surface area (Å²) in [6.07, 6.45) is 1.05. The minimum Gasteiger partial charge on any atom is -0.357 e. The van der Waals surface area contributed by atoms with E-state index in [4.69, 9.17) is 0 Å². The van der Waals surface area contributed by atoms with Crippen molar-refractivity contribution in [3.8, 4) is 0 Å². The highest BCUT2D eigenvalue weighted by Gasteiger charge is 2.08. The lowest BCUT2D eigenvalue weighted by Crippen LogP contribution is -2.04. The largest absolute Gasteiger partial charge is 0.357 e. The van der Waals surface area contributed by atoms with E-state index in [0.29, 0.717) is 5.69 Å². The first kappa shape index (κ1) is 12.2. The SMILES string of the molecule is CNc1ncc(F)c(Nc2cc(F)ccc2C)n1. The van der Waals surface area contributed by atoms with E-state index in [0.717, 1.165) is 11.8 Å². The van der Waals surface area contributed by atoms with Crippen molar-refractivity contribution in [2.75, 3.05) is 17.7 Å². The number of hydrogen-bond donors (Lipinski definition) is 2. The maximum absolute atomic E-state index is 13.5.